The van der Waals surface area contributed by atoms with E-state index in [2.05, 4.69) is 41.4 Å². The fourth-order valence-corrected chi connectivity index (χ4v) is 5.37. The molecule has 1 aliphatic heterocycles. The number of aryl methyl sites for hydroxylation is 1. The fourth-order valence-electron chi connectivity index (χ4n) is 4.43. The minimum absolute atomic E-state index is 0.0139. The molecule has 0 aliphatic carbocycles. The molecule has 0 atom stereocenters. The molecule has 8 nitrogen and oxygen atoms in total. The number of aromatic nitrogens is 3. The quantitative estimate of drug-likeness (QED) is 0.415. The van der Waals surface area contributed by atoms with E-state index in [0.29, 0.717) is 18.0 Å². The molecule has 3 heterocycles. The number of hydrogen-bond donors (Lipinski definition) is 1. The minimum Gasteiger partial charge on any atom is -0.493 e. The standard InChI is InChI=1S/C26H29N5O3S/c1-17-7-9-18(10-8-17)21-16-31-25(28-21)35-26(29-31)30-13-11-19(12-14-30)24(32)27-15-20-5-4-6-22(33-2)23(20)34-3/h4-10,16,19H,11-15H2,1-3H3,(H,27,32). The van der Waals surface area contributed by atoms with Crippen LogP contribution in [0, 0.1) is 12.8 Å². The summed E-state index contributed by atoms with van der Waals surface area (Å²) in [7, 11) is 3.22. The van der Waals surface area contributed by atoms with E-state index >= 15 is 0 Å². The Kier molecular flexibility index (Phi) is 6.59. The van der Waals surface area contributed by atoms with Gasteiger partial charge in [0.05, 0.1) is 26.1 Å². The summed E-state index contributed by atoms with van der Waals surface area (Å²) in [6.45, 7) is 4.07. The maximum absolute atomic E-state index is 12.8. The zero-order chi connectivity index (χ0) is 24.4. The van der Waals surface area contributed by atoms with Crippen molar-refractivity contribution in [1.29, 1.82) is 0 Å². The first kappa shape index (κ1) is 23.2. The van der Waals surface area contributed by atoms with Gasteiger partial charge in [0.25, 0.3) is 0 Å². The summed E-state index contributed by atoms with van der Waals surface area (Å²) >= 11 is 1.59. The van der Waals surface area contributed by atoms with E-state index in [0.717, 1.165) is 52.8 Å². The highest BCUT2D eigenvalue weighted by Crippen LogP contribution is 2.32. The molecule has 1 fully saturated rings. The molecule has 0 spiro atoms. The number of nitrogens with one attached hydrogen (secondary N) is 1. The molecule has 2 aromatic heterocycles. The Hall–Kier alpha value is -3.59. The third kappa shape index (κ3) is 4.81. The molecule has 2 aromatic carbocycles. The Morgan fingerprint density at radius 3 is 2.57 bits per heavy atom. The highest BCUT2D eigenvalue weighted by Gasteiger charge is 2.27. The fraction of sp³-hybridized carbons (Fsp3) is 0.346. The third-order valence-electron chi connectivity index (χ3n) is 6.45. The maximum Gasteiger partial charge on any atom is 0.223 e. The van der Waals surface area contributed by atoms with Gasteiger partial charge in [0.15, 0.2) is 11.5 Å². The maximum atomic E-state index is 12.8. The van der Waals surface area contributed by atoms with Crippen LogP contribution >= 0.6 is 11.3 Å². The predicted molar refractivity (Wildman–Crippen MR) is 137 cm³/mol. The Bertz CT molecular complexity index is 1290. The highest BCUT2D eigenvalue weighted by molar-refractivity contribution is 7.20. The Labute approximate surface area is 208 Å². The second-order valence-electron chi connectivity index (χ2n) is 8.74. The van der Waals surface area contributed by atoms with Crippen LogP contribution in [-0.2, 0) is 11.3 Å². The van der Waals surface area contributed by atoms with Crippen molar-refractivity contribution in [2.45, 2.75) is 26.3 Å². The lowest BCUT2D eigenvalue weighted by Gasteiger charge is -2.30. The highest BCUT2D eigenvalue weighted by atomic mass is 32.1. The second kappa shape index (κ2) is 9.95. The van der Waals surface area contributed by atoms with Gasteiger partial charge in [-0.05, 0) is 25.8 Å². The number of ether oxygens (including phenoxy) is 2. The van der Waals surface area contributed by atoms with Crippen molar-refractivity contribution in [1.82, 2.24) is 19.9 Å². The lowest BCUT2D eigenvalue weighted by atomic mass is 9.96. The van der Waals surface area contributed by atoms with Gasteiger partial charge in [0.1, 0.15) is 0 Å². The van der Waals surface area contributed by atoms with Crippen LogP contribution < -0.4 is 19.7 Å². The molecule has 9 heteroatoms. The van der Waals surface area contributed by atoms with Crippen molar-refractivity contribution in [3.8, 4) is 22.8 Å². The van der Waals surface area contributed by atoms with Gasteiger partial charge in [0.2, 0.25) is 16.0 Å². The van der Waals surface area contributed by atoms with Crippen molar-refractivity contribution in [3.05, 3.63) is 59.8 Å². The second-order valence-corrected chi connectivity index (χ2v) is 9.67. The van der Waals surface area contributed by atoms with E-state index in [4.69, 9.17) is 19.6 Å². The molecule has 182 valence electrons. The molecule has 1 saturated heterocycles. The summed E-state index contributed by atoms with van der Waals surface area (Å²) < 4.78 is 12.7. The average molecular weight is 492 g/mol. The molecule has 35 heavy (non-hydrogen) atoms. The van der Waals surface area contributed by atoms with Gasteiger partial charge in [-0.1, -0.05) is 53.3 Å². The van der Waals surface area contributed by atoms with Gasteiger partial charge in [-0.15, -0.1) is 5.10 Å². The molecule has 0 radical (unpaired) electrons. The topological polar surface area (TPSA) is 81.0 Å². The number of piperidine rings is 1. The molecule has 1 aliphatic rings. The number of hydrogen-bond acceptors (Lipinski definition) is 7. The van der Waals surface area contributed by atoms with Gasteiger partial charge in [0, 0.05) is 36.7 Å². The first-order chi connectivity index (χ1) is 17.1. The van der Waals surface area contributed by atoms with Gasteiger partial charge in [-0.3, -0.25) is 4.79 Å². The van der Waals surface area contributed by atoms with Crippen molar-refractivity contribution in [3.63, 3.8) is 0 Å². The van der Waals surface area contributed by atoms with Crippen molar-refractivity contribution in [2.75, 3.05) is 32.2 Å². The van der Waals surface area contributed by atoms with Crippen LogP contribution in [0.25, 0.3) is 16.2 Å². The molecular weight excluding hydrogens is 462 g/mol. The van der Waals surface area contributed by atoms with Gasteiger partial charge >= 0.3 is 0 Å². The summed E-state index contributed by atoms with van der Waals surface area (Å²) in [5.74, 6) is 1.38. The van der Waals surface area contributed by atoms with Gasteiger partial charge < -0.3 is 19.7 Å². The number of nitrogens with zero attached hydrogens (tertiary/aromatic N) is 4. The number of carbonyl (C=O) groups is 1. The van der Waals surface area contributed by atoms with E-state index in [1.807, 2.05) is 28.9 Å². The average Bonchev–Trinajstić information content (AvgIpc) is 3.47. The zero-order valence-electron chi connectivity index (χ0n) is 20.2. The van der Waals surface area contributed by atoms with Gasteiger partial charge in [-0.2, -0.15) is 0 Å². The smallest absolute Gasteiger partial charge is 0.223 e. The van der Waals surface area contributed by atoms with Crippen molar-refractivity contribution < 1.29 is 14.3 Å². The van der Waals surface area contributed by atoms with Gasteiger partial charge in [-0.25, -0.2) is 9.50 Å². The number of methoxy groups -OCH3 is 2. The number of para-hydroxylation sites is 1. The van der Waals surface area contributed by atoms with Crippen LogP contribution in [0.5, 0.6) is 11.5 Å². The Balaban J connectivity index is 1.17. The lowest BCUT2D eigenvalue weighted by molar-refractivity contribution is -0.125. The largest absolute Gasteiger partial charge is 0.493 e. The number of imidazole rings is 1. The Morgan fingerprint density at radius 1 is 1.11 bits per heavy atom. The molecule has 1 N–H and O–H groups in total. The number of rotatable bonds is 7. The van der Waals surface area contributed by atoms with E-state index < -0.39 is 0 Å². The summed E-state index contributed by atoms with van der Waals surface area (Å²) in [5.41, 5.74) is 4.15. The van der Waals surface area contributed by atoms with E-state index in [9.17, 15) is 4.79 Å². The number of fused-ring (bicyclic) bond motifs is 1. The SMILES string of the molecule is COc1cccc(CNC(=O)C2CCN(c3nn4cc(-c5ccc(C)cc5)nc4s3)CC2)c1OC. The van der Waals surface area contributed by atoms with Crippen LogP contribution in [0.2, 0.25) is 0 Å². The van der Waals surface area contributed by atoms with Crippen LogP contribution in [-0.4, -0.2) is 47.8 Å². The number of benzene rings is 2. The molecule has 0 bridgehead atoms. The van der Waals surface area contributed by atoms with E-state index in [1.165, 1.54) is 5.56 Å². The number of carbonyl (C=O) groups excluding carboxylic acids is 1. The Morgan fingerprint density at radius 2 is 1.89 bits per heavy atom. The predicted octanol–water partition coefficient (Wildman–Crippen LogP) is 4.32. The molecule has 4 aromatic rings. The lowest BCUT2D eigenvalue weighted by Crippen LogP contribution is -2.40. The summed E-state index contributed by atoms with van der Waals surface area (Å²) in [6.07, 6.45) is 3.56. The molecule has 0 unspecified atom stereocenters. The summed E-state index contributed by atoms with van der Waals surface area (Å²) in [6, 6.07) is 14.0. The van der Waals surface area contributed by atoms with E-state index in [1.54, 1.807) is 25.6 Å². The number of anilines is 1. The minimum atomic E-state index is -0.0139. The number of amides is 1. The summed E-state index contributed by atoms with van der Waals surface area (Å²) in [4.78, 5) is 20.7. The van der Waals surface area contributed by atoms with Crippen molar-refractivity contribution >= 4 is 27.3 Å². The monoisotopic (exact) mass is 491 g/mol. The van der Waals surface area contributed by atoms with Crippen molar-refractivity contribution in [2.24, 2.45) is 5.92 Å². The molecule has 1 amide bonds. The molecular formula is C26H29N5O3S. The summed E-state index contributed by atoms with van der Waals surface area (Å²) in [5, 5.41) is 8.77. The van der Waals surface area contributed by atoms with E-state index in [-0.39, 0.29) is 11.8 Å². The first-order valence-corrected chi connectivity index (χ1v) is 12.5. The van der Waals surface area contributed by atoms with Crippen LogP contribution in [0.4, 0.5) is 5.13 Å². The third-order valence-corrected chi connectivity index (χ3v) is 7.44. The zero-order valence-corrected chi connectivity index (χ0v) is 21.0. The van der Waals surface area contributed by atoms with Crippen LogP contribution in [0.15, 0.2) is 48.7 Å². The van der Waals surface area contributed by atoms with Crippen LogP contribution in [0.1, 0.15) is 24.0 Å². The molecule has 0 saturated carbocycles. The molecule has 5 rings (SSSR count). The normalized spacial score (nSPS) is 14.3. The van der Waals surface area contributed by atoms with Crippen LogP contribution in [0.3, 0.4) is 0 Å². The first-order valence-electron chi connectivity index (χ1n) is 11.7.